The number of esters is 1. The molecule has 0 aliphatic heterocycles. The third-order valence-corrected chi connectivity index (χ3v) is 8.04. The van der Waals surface area contributed by atoms with Crippen molar-refractivity contribution in [3.8, 4) is 5.75 Å². The normalized spacial score (nSPS) is 14.0. The molecule has 0 spiro atoms. The monoisotopic (exact) mass is 589 g/mol. The highest BCUT2D eigenvalue weighted by Crippen LogP contribution is 2.49. The minimum Gasteiger partial charge on any atom is -0.481 e. The summed E-state index contributed by atoms with van der Waals surface area (Å²) < 4.78 is 29.5. The van der Waals surface area contributed by atoms with E-state index < -0.39 is 37.5 Å². The molecule has 2 unspecified atom stereocenters. The van der Waals surface area contributed by atoms with E-state index in [1.807, 2.05) is 13.8 Å². The molecule has 0 heterocycles. The van der Waals surface area contributed by atoms with Crippen LogP contribution in [0.5, 0.6) is 5.75 Å². The van der Waals surface area contributed by atoms with Gasteiger partial charge in [0, 0.05) is 24.9 Å². The second kappa shape index (κ2) is 16.1. The molecule has 1 amide bonds. The summed E-state index contributed by atoms with van der Waals surface area (Å²) in [6.07, 6.45) is -0.953. The highest BCUT2D eigenvalue weighted by Gasteiger charge is 2.32. The van der Waals surface area contributed by atoms with Crippen molar-refractivity contribution >= 4 is 31.2 Å². The maximum Gasteiger partial charge on any atom is 0.381 e. The number of hydrogen-bond acceptors (Lipinski definition) is 8. The van der Waals surface area contributed by atoms with Crippen molar-refractivity contribution in [2.24, 2.45) is 5.92 Å². The second-order valence-corrected chi connectivity index (χ2v) is 12.1. The van der Waals surface area contributed by atoms with Gasteiger partial charge in [-0.05, 0) is 62.4 Å². The van der Waals surface area contributed by atoms with E-state index in [4.69, 9.17) is 13.8 Å². The van der Waals surface area contributed by atoms with Crippen molar-refractivity contribution in [1.82, 2.24) is 5.32 Å². The Morgan fingerprint density at radius 1 is 0.976 bits per heavy atom. The van der Waals surface area contributed by atoms with Gasteiger partial charge in [0.1, 0.15) is 5.75 Å². The lowest BCUT2D eigenvalue weighted by atomic mass is 9.89. The van der Waals surface area contributed by atoms with Crippen molar-refractivity contribution in [3.05, 3.63) is 65.2 Å². The first-order valence-corrected chi connectivity index (χ1v) is 15.4. The van der Waals surface area contributed by atoms with Crippen LogP contribution in [0.2, 0.25) is 0 Å². The minimum atomic E-state index is -3.89. The number of hydrogen-bond donors (Lipinski definition) is 2. The molecule has 0 saturated heterocycles. The fraction of sp³-hybridized carbons (Fsp3) is 0.467. The molecule has 3 atom stereocenters. The number of benzene rings is 2. The number of amides is 1. The summed E-state index contributed by atoms with van der Waals surface area (Å²) in [7, 11) is -3.89. The molecule has 0 fully saturated rings. The van der Waals surface area contributed by atoms with E-state index in [1.165, 1.54) is 6.92 Å². The lowest BCUT2D eigenvalue weighted by Gasteiger charge is -2.22. The SMILES string of the molecule is CCOC(=O)[C@H](C)OP(=O)(CCNC(=O)CCC(=O)c1cc(C(C)C(=O)O)ccc1CC(C)C)Oc1ccccc1. The third-order valence-electron chi connectivity index (χ3n) is 6.14. The summed E-state index contributed by atoms with van der Waals surface area (Å²) in [6.45, 7) is 8.69. The Labute approximate surface area is 241 Å². The fourth-order valence-electron chi connectivity index (χ4n) is 3.97. The molecule has 0 saturated carbocycles. The van der Waals surface area contributed by atoms with Crippen LogP contribution >= 0.6 is 7.60 Å². The van der Waals surface area contributed by atoms with E-state index in [9.17, 15) is 28.8 Å². The van der Waals surface area contributed by atoms with E-state index in [-0.39, 0.29) is 49.6 Å². The molecule has 0 aliphatic rings. The molecule has 0 aliphatic carbocycles. The van der Waals surface area contributed by atoms with Gasteiger partial charge in [0.15, 0.2) is 11.9 Å². The van der Waals surface area contributed by atoms with Gasteiger partial charge >= 0.3 is 19.5 Å². The van der Waals surface area contributed by atoms with Crippen LogP contribution in [0.3, 0.4) is 0 Å². The van der Waals surface area contributed by atoms with Crippen molar-refractivity contribution in [3.63, 3.8) is 0 Å². The van der Waals surface area contributed by atoms with Crippen LogP contribution in [0.25, 0.3) is 0 Å². The number of carboxylic acid groups (broad SMARTS) is 1. The molecular weight excluding hydrogens is 549 g/mol. The zero-order valence-electron chi connectivity index (χ0n) is 24.3. The Morgan fingerprint density at radius 2 is 1.66 bits per heavy atom. The number of carbonyl (C=O) groups excluding carboxylic acids is 3. The van der Waals surface area contributed by atoms with Gasteiger partial charge in [0.05, 0.1) is 18.7 Å². The summed E-state index contributed by atoms with van der Waals surface area (Å²) in [5, 5.41) is 12.0. The van der Waals surface area contributed by atoms with E-state index >= 15 is 0 Å². The van der Waals surface area contributed by atoms with Gasteiger partial charge in [-0.2, -0.15) is 0 Å². The maximum absolute atomic E-state index is 13.5. The molecule has 0 aromatic heterocycles. The Bertz CT molecular complexity index is 1250. The van der Waals surface area contributed by atoms with Gasteiger partial charge in [-0.15, -0.1) is 0 Å². The molecule has 0 bridgehead atoms. The average Bonchev–Trinajstić information content (AvgIpc) is 2.91. The molecule has 11 heteroatoms. The molecule has 2 aromatic carbocycles. The maximum atomic E-state index is 13.5. The van der Waals surface area contributed by atoms with Crippen molar-refractivity contribution in [2.45, 2.75) is 65.9 Å². The zero-order valence-corrected chi connectivity index (χ0v) is 25.1. The average molecular weight is 590 g/mol. The van der Waals surface area contributed by atoms with E-state index in [0.29, 0.717) is 17.5 Å². The highest BCUT2D eigenvalue weighted by molar-refractivity contribution is 7.54. The first kappa shape index (κ1) is 33.7. The third kappa shape index (κ3) is 11.1. The molecule has 2 N–H and O–H groups in total. The number of rotatable bonds is 17. The minimum absolute atomic E-state index is 0.0864. The molecule has 0 radical (unpaired) electrons. The Morgan fingerprint density at radius 3 is 2.27 bits per heavy atom. The number of ketones is 1. The molecular formula is C30H40NO9P. The molecule has 2 rings (SSSR count). The van der Waals surface area contributed by atoms with Gasteiger partial charge in [0.25, 0.3) is 0 Å². The smallest absolute Gasteiger partial charge is 0.381 e. The Hall–Kier alpha value is -3.49. The molecule has 41 heavy (non-hydrogen) atoms. The highest BCUT2D eigenvalue weighted by atomic mass is 31.2. The van der Waals surface area contributed by atoms with Crippen molar-refractivity contribution < 1.29 is 42.6 Å². The number of carbonyl (C=O) groups is 4. The molecule has 10 nitrogen and oxygen atoms in total. The predicted molar refractivity (Wildman–Crippen MR) is 154 cm³/mol. The summed E-state index contributed by atoms with van der Waals surface area (Å²) >= 11 is 0. The predicted octanol–water partition coefficient (Wildman–Crippen LogP) is 5.39. The van der Waals surface area contributed by atoms with Gasteiger partial charge in [-0.1, -0.05) is 44.2 Å². The standard InChI is InChI=1S/C30H40NO9P/c1-6-38-30(36)22(5)39-41(37,40-25-10-8-7-9-11-25)17-16-31-28(33)15-14-27(32)26-19-23(21(4)29(34)35)12-13-24(26)18-20(2)3/h7-13,19-22H,6,14-18H2,1-5H3,(H,31,33)(H,34,35)/t21?,22-,41?/m0/s1. The summed E-state index contributed by atoms with van der Waals surface area (Å²) in [4.78, 5) is 49.2. The van der Waals surface area contributed by atoms with Crippen LogP contribution in [-0.2, 0) is 34.6 Å². The summed E-state index contributed by atoms with van der Waals surface area (Å²) in [6, 6.07) is 13.4. The van der Waals surface area contributed by atoms with Crippen LogP contribution in [0, 0.1) is 5.92 Å². The number of aliphatic carboxylic acids is 1. The quantitative estimate of drug-likeness (QED) is 0.141. The van der Waals surface area contributed by atoms with Crippen LogP contribution in [-0.4, -0.2) is 54.2 Å². The first-order chi connectivity index (χ1) is 19.3. The van der Waals surface area contributed by atoms with Crippen LogP contribution < -0.4 is 9.84 Å². The largest absolute Gasteiger partial charge is 0.481 e. The summed E-state index contributed by atoms with van der Waals surface area (Å²) in [5.74, 6) is -2.61. The molecule has 2 aromatic rings. The topological polar surface area (TPSA) is 145 Å². The number of nitrogens with one attached hydrogen (secondary N) is 1. The van der Waals surface area contributed by atoms with Gasteiger partial charge in [-0.25, -0.2) is 9.36 Å². The van der Waals surface area contributed by atoms with E-state index in [0.717, 1.165) is 5.56 Å². The number of Topliss-reactive ketones (excluding diaryl/α,β-unsaturated/α-hetero) is 1. The number of carboxylic acids is 1. The van der Waals surface area contributed by atoms with Crippen molar-refractivity contribution in [2.75, 3.05) is 19.3 Å². The Balaban J connectivity index is 2.04. The van der Waals surface area contributed by atoms with Crippen LogP contribution in [0.1, 0.15) is 74.9 Å². The second-order valence-electron chi connectivity index (χ2n) is 10.1. The number of ether oxygens (including phenoxy) is 1. The summed E-state index contributed by atoms with van der Waals surface area (Å²) in [5.41, 5.74) is 1.74. The van der Waals surface area contributed by atoms with Crippen molar-refractivity contribution in [1.29, 1.82) is 0 Å². The number of para-hydroxylation sites is 1. The lowest BCUT2D eigenvalue weighted by Crippen LogP contribution is -2.29. The zero-order chi connectivity index (χ0) is 30.6. The molecule has 224 valence electrons. The van der Waals surface area contributed by atoms with Gasteiger partial charge < -0.3 is 19.7 Å². The Kier molecular flexibility index (Phi) is 13.2. The van der Waals surface area contributed by atoms with E-state index in [2.05, 4.69) is 5.32 Å². The van der Waals surface area contributed by atoms with Crippen LogP contribution in [0.15, 0.2) is 48.5 Å². The van der Waals surface area contributed by atoms with Crippen LogP contribution in [0.4, 0.5) is 0 Å². The van der Waals surface area contributed by atoms with Gasteiger partial charge in [-0.3, -0.25) is 18.9 Å². The lowest BCUT2D eigenvalue weighted by molar-refractivity contribution is -0.150. The van der Waals surface area contributed by atoms with Gasteiger partial charge in [0.2, 0.25) is 5.91 Å². The first-order valence-electron chi connectivity index (χ1n) is 13.7. The fourth-order valence-corrected chi connectivity index (χ4v) is 5.61. The van der Waals surface area contributed by atoms with E-state index in [1.54, 1.807) is 62.4 Å².